The van der Waals surface area contributed by atoms with E-state index in [1.165, 1.54) is 0 Å². The topological polar surface area (TPSA) is 29.5 Å². The van der Waals surface area contributed by atoms with Gasteiger partial charge in [0, 0.05) is 28.3 Å². The number of anilines is 1. The molecule has 0 atom stereocenters. The molecule has 0 aromatic heterocycles. The molecule has 0 unspecified atom stereocenters. The Morgan fingerprint density at radius 2 is 1.68 bits per heavy atom. The van der Waals surface area contributed by atoms with Crippen LogP contribution in [0.1, 0.15) is 23.6 Å². The number of hydrogen-bond donors (Lipinski definition) is 0. The van der Waals surface area contributed by atoms with Gasteiger partial charge in [0.05, 0.1) is 5.69 Å². The highest BCUT2D eigenvalue weighted by molar-refractivity contribution is 6.35. The summed E-state index contributed by atoms with van der Waals surface area (Å²) < 4.78 is 6.04. The molecule has 4 rings (SSSR count). The van der Waals surface area contributed by atoms with E-state index in [-0.39, 0.29) is 5.91 Å². The minimum atomic E-state index is 0.0243. The van der Waals surface area contributed by atoms with Crippen molar-refractivity contribution in [3.8, 4) is 5.75 Å². The van der Waals surface area contributed by atoms with Gasteiger partial charge in [-0.15, -0.1) is 0 Å². The molecular formula is C24H20ClNO2. The summed E-state index contributed by atoms with van der Waals surface area (Å²) in [5, 5.41) is 0.702. The van der Waals surface area contributed by atoms with Crippen LogP contribution < -0.4 is 9.64 Å². The minimum absolute atomic E-state index is 0.0243. The van der Waals surface area contributed by atoms with Crippen molar-refractivity contribution in [2.75, 3.05) is 11.4 Å². The lowest BCUT2D eigenvalue weighted by molar-refractivity contribution is -0.112. The van der Waals surface area contributed by atoms with Crippen LogP contribution in [-0.4, -0.2) is 12.5 Å². The molecule has 1 amide bonds. The average Bonchev–Trinajstić information content (AvgIpc) is 2.99. The molecule has 1 aliphatic rings. The molecule has 3 nitrogen and oxygen atoms in total. The molecule has 0 radical (unpaired) electrons. The van der Waals surface area contributed by atoms with Gasteiger partial charge in [-0.1, -0.05) is 60.1 Å². The third-order valence-corrected chi connectivity index (χ3v) is 5.06. The molecule has 0 saturated carbocycles. The maximum atomic E-state index is 12.9. The summed E-state index contributed by atoms with van der Waals surface area (Å²) in [6.07, 6.45) is 1.92. The second kappa shape index (κ2) is 7.91. The number of rotatable bonds is 5. The largest absolute Gasteiger partial charge is 0.488 e. The lowest BCUT2D eigenvalue weighted by Gasteiger charge is -2.13. The van der Waals surface area contributed by atoms with Gasteiger partial charge in [0.25, 0.3) is 5.91 Å². The standard InChI is InChI=1S/C24H20ClNO2/c1-2-26-22-9-5-4-8-20(22)21(24(26)27)15-18-7-3-6-10-23(18)28-16-17-11-13-19(25)14-12-17/h3-15H,2,16H2,1H3/b21-15-. The number of amides is 1. The molecule has 3 aromatic carbocycles. The third-order valence-electron chi connectivity index (χ3n) is 4.80. The number of nitrogens with zero attached hydrogens (tertiary/aromatic N) is 1. The number of likely N-dealkylation sites (N-methyl/N-ethyl adjacent to an activating group) is 1. The smallest absolute Gasteiger partial charge is 0.258 e. The number of fused-ring (bicyclic) bond motifs is 1. The fraction of sp³-hybridized carbons (Fsp3) is 0.125. The normalized spacial score (nSPS) is 14.4. The Bertz CT molecular complexity index is 1040. The maximum absolute atomic E-state index is 12.9. The molecule has 4 heteroatoms. The zero-order chi connectivity index (χ0) is 19.5. The first-order valence-corrected chi connectivity index (χ1v) is 9.64. The first kappa shape index (κ1) is 18.3. The van der Waals surface area contributed by atoms with Crippen molar-refractivity contribution in [2.24, 2.45) is 0 Å². The second-order valence-electron chi connectivity index (χ2n) is 6.58. The first-order chi connectivity index (χ1) is 13.7. The minimum Gasteiger partial charge on any atom is -0.488 e. The van der Waals surface area contributed by atoms with Gasteiger partial charge < -0.3 is 9.64 Å². The van der Waals surface area contributed by atoms with Gasteiger partial charge in [-0.25, -0.2) is 0 Å². The first-order valence-electron chi connectivity index (χ1n) is 9.26. The fourth-order valence-corrected chi connectivity index (χ4v) is 3.51. The number of halogens is 1. The van der Waals surface area contributed by atoms with Crippen LogP contribution in [0, 0.1) is 0 Å². The van der Waals surface area contributed by atoms with Crippen molar-refractivity contribution >= 4 is 34.8 Å². The monoisotopic (exact) mass is 389 g/mol. The van der Waals surface area contributed by atoms with Crippen molar-refractivity contribution in [1.29, 1.82) is 0 Å². The predicted octanol–water partition coefficient (Wildman–Crippen LogP) is 5.83. The molecule has 0 spiro atoms. The Labute approximate surface area is 169 Å². The van der Waals surface area contributed by atoms with E-state index in [4.69, 9.17) is 16.3 Å². The molecule has 0 saturated heterocycles. The van der Waals surface area contributed by atoms with Crippen LogP contribution in [0.25, 0.3) is 11.6 Å². The lowest BCUT2D eigenvalue weighted by Crippen LogP contribution is -2.25. The van der Waals surface area contributed by atoms with E-state index in [1.54, 1.807) is 4.90 Å². The summed E-state index contributed by atoms with van der Waals surface area (Å²) in [5.74, 6) is 0.765. The summed E-state index contributed by atoms with van der Waals surface area (Å²) >= 11 is 5.94. The SMILES string of the molecule is CCN1C(=O)/C(=C\c2ccccc2OCc2ccc(Cl)cc2)c2ccccc21. The number of benzene rings is 3. The van der Waals surface area contributed by atoms with Crippen LogP contribution in [0.4, 0.5) is 5.69 Å². The molecule has 0 aliphatic carbocycles. The Morgan fingerprint density at radius 3 is 2.46 bits per heavy atom. The van der Waals surface area contributed by atoms with Crippen molar-refractivity contribution in [1.82, 2.24) is 0 Å². The van der Waals surface area contributed by atoms with E-state index in [1.807, 2.05) is 85.8 Å². The predicted molar refractivity (Wildman–Crippen MR) is 115 cm³/mol. The fourth-order valence-electron chi connectivity index (χ4n) is 3.39. The zero-order valence-corrected chi connectivity index (χ0v) is 16.3. The molecule has 0 fully saturated rings. The second-order valence-corrected chi connectivity index (χ2v) is 7.01. The average molecular weight is 390 g/mol. The van der Waals surface area contributed by atoms with Gasteiger partial charge in [-0.05, 0) is 42.8 Å². The van der Waals surface area contributed by atoms with E-state index >= 15 is 0 Å². The molecule has 28 heavy (non-hydrogen) atoms. The molecule has 1 aliphatic heterocycles. The molecule has 1 heterocycles. The van der Waals surface area contributed by atoms with Crippen LogP contribution in [0.15, 0.2) is 72.8 Å². The van der Waals surface area contributed by atoms with Crippen molar-refractivity contribution in [3.05, 3.63) is 94.5 Å². The lowest BCUT2D eigenvalue weighted by atomic mass is 10.0. The maximum Gasteiger partial charge on any atom is 0.258 e. The summed E-state index contributed by atoms with van der Waals surface area (Å²) in [4.78, 5) is 14.7. The molecular weight excluding hydrogens is 370 g/mol. The molecule has 0 bridgehead atoms. The molecule has 0 N–H and O–H groups in total. The van der Waals surface area contributed by atoms with E-state index in [2.05, 4.69) is 0 Å². The summed E-state index contributed by atoms with van der Waals surface area (Å²) in [5.41, 5.74) is 4.53. The summed E-state index contributed by atoms with van der Waals surface area (Å²) in [6.45, 7) is 3.06. The van der Waals surface area contributed by atoms with Crippen LogP contribution in [-0.2, 0) is 11.4 Å². The van der Waals surface area contributed by atoms with E-state index in [0.717, 1.165) is 28.1 Å². The number of ether oxygens (including phenoxy) is 1. The highest BCUT2D eigenvalue weighted by atomic mass is 35.5. The van der Waals surface area contributed by atoms with E-state index in [0.29, 0.717) is 23.7 Å². The van der Waals surface area contributed by atoms with Crippen LogP contribution in [0.3, 0.4) is 0 Å². The highest BCUT2D eigenvalue weighted by Crippen LogP contribution is 2.38. The number of para-hydroxylation sites is 2. The summed E-state index contributed by atoms with van der Waals surface area (Å²) in [7, 11) is 0. The van der Waals surface area contributed by atoms with Crippen molar-refractivity contribution < 1.29 is 9.53 Å². The zero-order valence-electron chi connectivity index (χ0n) is 15.6. The number of carbonyl (C=O) groups is 1. The van der Waals surface area contributed by atoms with Crippen molar-refractivity contribution in [2.45, 2.75) is 13.5 Å². The van der Waals surface area contributed by atoms with Gasteiger partial charge in [-0.3, -0.25) is 4.79 Å². The Kier molecular flexibility index (Phi) is 5.18. The Hall–Kier alpha value is -3.04. The van der Waals surface area contributed by atoms with E-state index in [9.17, 15) is 4.79 Å². The van der Waals surface area contributed by atoms with E-state index < -0.39 is 0 Å². The van der Waals surface area contributed by atoms with Gasteiger partial charge in [0.1, 0.15) is 12.4 Å². The van der Waals surface area contributed by atoms with Crippen LogP contribution >= 0.6 is 11.6 Å². The highest BCUT2D eigenvalue weighted by Gasteiger charge is 2.30. The van der Waals surface area contributed by atoms with Gasteiger partial charge in [-0.2, -0.15) is 0 Å². The Morgan fingerprint density at radius 1 is 0.964 bits per heavy atom. The van der Waals surface area contributed by atoms with Crippen LogP contribution in [0.5, 0.6) is 5.75 Å². The van der Waals surface area contributed by atoms with Gasteiger partial charge in [0.2, 0.25) is 0 Å². The Balaban J connectivity index is 1.65. The quantitative estimate of drug-likeness (QED) is 0.514. The van der Waals surface area contributed by atoms with Gasteiger partial charge >= 0.3 is 0 Å². The summed E-state index contributed by atoms with van der Waals surface area (Å²) in [6, 6.07) is 23.3. The van der Waals surface area contributed by atoms with Crippen LogP contribution in [0.2, 0.25) is 5.02 Å². The van der Waals surface area contributed by atoms with Crippen molar-refractivity contribution in [3.63, 3.8) is 0 Å². The van der Waals surface area contributed by atoms with Gasteiger partial charge in [0.15, 0.2) is 0 Å². The number of hydrogen-bond acceptors (Lipinski definition) is 2. The third kappa shape index (κ3) is 3.54. The molecule has 140 valence electrons. The number of carbonyl (C=O) groups excluding carboxylic acids is 1. The molecule has 3 aromatic rings.